The van der Waals surface area contributed by atoms with Gasteiger partial charge in [-0.2, -0.15) is 0 Å². The van der Waals surface area contributed by atoms with Crippen molar-refractivity contribution < 1.29 is 0 Å². The smallest absolute Gasteiger partial charge is 0.263 e. The standard InChI is InChI=1S/C23H23ClN4O/c24-20-10-4-2-8-17(20)15-27-22(29)19-9-3-5-11-21(19)28-18(14-25-23(27)28)16-26-12-6-1-7-13-26/h2-5,8-11,14H,1,6-7,12-13,15-16H2. The van der Waals surface area contributed by atoms with E-state index in [0.717, 1.165) is 36.4 Å². The number of hydrogen-bond donors (Lipinski definition) is 0. The van der Waals surface area contributed by atoms with Gasteiger partial charge in [-0.3, -0.25) is 18.7 Å². The highest BCUT2D eigenvalue weighted by Gasteiger charge is 2.18. The van der Waals surface area contributed by atoms with Gasteiger partial charge in [0.25, 0.3) is 5.56 Å². The van der Waals surface area contributed by atoms with E-state index in [0.29, 0.717) is 22.7 Å². The number of benzene rings is 2. The van der Waals surface area contributed by atoms with E-state index in [9.17, 15) is 4.79 Å². The summed E-state index contributed by atoms with van der Waals surface area (Å²) in [7, 11) is 0. The van der Waals surface area contributed by atoms with E-state index in [1.807, 2.05) is 54.7 Å². The molecule has 6 heteroatoms. The molecule has 0 spiro atoms. The Morgan fingerprint density at radius 2 is 1.69 bits per heavy atom. The Bertz CT molecular complexity index is 1240. The summed E-state index contributed by atoms with van der Waals surface area (Å²) >= 11 is 6.38. The van der Waals surface area contributed by atoms with E-state index in [2.05, 4.69) is 14.3 Å². The van der Waals surface area contributed by atoms with Crippen LogP contribution in [0, 0.1) is 0 Å². The van der Waals surface area contributed by atoms with Gasteiger partial charge in [0.05, 0.1) is 29.3 Å². The fourth-order valence-electron chi connectivity index (χ4n) is 4.31. The van der Waals surface area contributed by atoms with Gasteiger partial charge >= 0.3 is 0 Å². The third kappa shape index (κ3) is 3.34. The van der Waals surface area contributed by atoms with Gasteiger partial charge in [-0.25, -0.2) is 4.98 Å². The molecule has 1 aliphatic rings. The molecular formula is C23H23ClN4O. The SMILES string of the molecule is O=c1c2ccccc2n2c(CN3CCCCC3)cnc2n1Cc1ccccc1Cl. The predicted octanol–water partition coefficient (Wildman–Crippen LogP) is 4.34. The molecule has 0 amide bonds. The highest BCUT2D eigenvalue weighted by molar-refractivity contribution is 6.31. The Kier molecular flexibility index (Phi) is 4.86. The number of hydrogen-bond acceptors (Lipinski definition) is 3. The van der Waals surface area contributed by atoms with Crippen molar-refractivity contribution in [2.24, 2.45) is 0 Å². The Morgan fingerprint density at radius 3 is 2.52 bits per heavy atom. The fourth-order valence-corrected chi connectivity index (χ4v) is 4.51. The monoisotopic (exact) mass is 406 g/mol. The van der Waals surface area contributed by atoms with E-state index in [1.54, 1.807) is 4.57 Å². The fraction of sp³-hybridized carbons (Fsp3) is 0.304. The summed E-state index contributed by atoms with van der Waals surface area (Å²) in [6.45, 7) is 3.47. The molecule has 5 nitrogen and oxygen atoms in total. The van der Waals surface area contributed by atoms with Crippen molar-refractivity contribution in [3.05, 3.63) is 81.4 Å². The molecule has 2 aromatic heterocycles. The predicted molar refractivity (Wildman–Crippen MR) is 117 cm³/mol. The highest BCUT2D eigenvalue weighted by atomic mass is 35.5. The Balaban J connectivity index is 1.69. The van der Waals surface area contributed by atoms with Crippen molar-refractivity contribution in [1.29, 1.82) is 0 Å². The quantitative estimate of drug-likeness (QED) is 0.506. The first-order valence-electron chi connectivity index (χ1n) is 10.2. The molecule has 1 saturated heterocycles. The molecule has 0 unspecified atom stereocenters. The number of imidazole rings is 1. The molecule has 0 bridgehead atoms. The molecular weight excluding hydrogens is 384 g/mol. The van der Waals surface area contributed by atoms with Crippen LogP contribution in [0.15, 0.2) is 59.5 Å². The van der Waals surface area contributed by atoms with E-state index in [4.69, 9.17) is 11.6 Å². The Hall–Kier alpha value is -2.63. The van der Waals surface area contributed by atoms with Crippen LogP contribution >= 0.6 is 11.6 Å². The summed E-state index contributed by atoms with van der Waals surface area (Å²) < 4.78 is 3.88. The summed E-state index contributed by atoms with van der Waals surface area (Å²) in [6, 6.07) is 15.4. The minimum Gasteiger partial charge on any atom is -0.298 e. The molecule has 1 aliphatic heterocycles. The molecule has 0 N–H and O–H groups in total. The van der Waals surface area contributed by atoms with Gasteiger partial charge < -0.3 is 0 Å². The first-order chi connectivity index (χ1) is 14.2. The Morgan fingerprint density at radius 1 is 0.931 bits per heavy atom. The zero-order valence-corrected chi connectivity index (χ0v) is 17.0. The molecule has 148 valence electrons. The van der Waals surface area contributed by atoms with Gasteiger partial charge in [-0.1, -0.05) is 48.4 Å². The van der Waals surface area contributed by atoms with Crippen LogP contribution in [0.4, 0.5) is 0 Å². The van der Waals surface area contributed by atoms with Gasteiger partial charge in [-0.15, -0.1) is 0 Å². The number of piperidine rings is 1. The average molecular weight is 407 g/mol. The molecule has 29 heavy (non-hydrogen) atoms. The largest absolute Gasteiger partial charge is 0.298 e. The number of rotatable bonds is 4. The van der Waals surface area contributed by atoms with Gasteiger partial charge in [0.2, 0.25) is 5.78 Å². The molecule has 1 fully saturated rings. The van der Waals surface area contributed by atoms with Crippen molar-refractivity contribution in [3.8, 4) is 0 Å². The minimum absolute atomic E-state index is 0.0388. The summed E-state index contributed by atoms with van der Waals surface area (Å²) in [5, 5.41) is 1.36. The number of fused-ring (bicyclic) bond motifs is 3. The second kappa shape index (κ2) is 7.65. The van der Waals surface area contributed by atoms with E-state index < -0.39 is 0 Å². The van der Waals surface area contributed by atoms with Crippen LogP contribution in [0.3, 0.4) is 0 Å². The molecule has 3 heterocycles. The summed E-state index contributed by atoms with van der Waals surface area (Å²) in [5.74, 6) is 0.667. The van der Waals surface area contributed by atoms with E-state index in [1.165, 1.54) is 19.3 Å². The lowest BCUT2D eigenvalue weighted by atomic mass is 10.1. The first-order valence-corrected chi connectivity index (χ1v) is 10.5. The van der Waals surface area contributed by atoms with Crippen molar-refractivity contribution in [2.45, 2.75) is 32.4 Å². The second-order valence-electron chi connectivity index (χ2n) is 7.72. The van der Waals surface area contributed by atoms with E-state index >= 15 is 0 Å². The average Bonchev–Trinajstić information content (AvgIpc) is 3.17. The number of halogens is 1. The van der Waals surface area contributed by atoms with Crippen LogP contribution in [0.5, 0.6) is 0 Å². The lowest BCUT2D eigenvalue weighted by Crippen LogP contribution is -2.30. The molecule has 4 aromatic rings. The van der Waals surface area contributed by atoms with E-state index in [-0.39, 0.29) is 5.56 Å². The van der Waals surface area contributed by atoms with Crippen molar-refractivity contribution in [2.75, 3.05) is 13.1 Å². The molecule has 0 atom stereocenters. The number of aromatic nitrogens is 3. The number of nitrogens with zero attached hydrogens (tertiary/aromatic N) is 4. The van der Waals surface area contributed by atoms with Crippen LogP contribution < -0.4 is 5.56 Å². The summed E-state index contributed by atoms with van der Waals surface area (Å²) in [5.41, 5.74) is 2.90. The highest BCUT2D eigenvalue weighted by Crippen LogP contribution is 2.21. The van der Waals surface area contributed by atoms with Gasteiger partial charge in [-0.05, 0) is 49.7 Å². The zero-order chi connectivity index (χ0) is 19.8. The normalized spacial score (nSPS) is 15.3. The third-order valence-corrected chi connectivity index (χ3v) is 6.17. The van der Waals surface area contributed by atoms with Crippen LogP contribution in [0.2, 0.25) is 5.02 Å². The number of likely N-dealkylation sites (tertiary alicyclic amines) is 1. The van der Waals surface area contributed by atoms with Crippen LogP contribution in [0.1, 0.15) is 30.5 Å². The minimum atomic E-state index is -0.0388. The van der Waals surface area contributed by atoms with Crippen LogP contribution in [-0.4, -0.2) is 31.9 Å². The zero-order valence-electron chi connectivity index (χ0n) is 16.2. The maximum Gasteiger partial charge on any atom is 0.263 e. The molecule has 2 aromatic carbocycles. The van der Waals surface area contributed by atoms with Gasteiger partial charge in [0.1, 0.15) is 0 Å². The maximum atomic E-state index is 13.3. The molecule has 0 saturated carbocycles. The first kappa shape index (κ1) is 18.4. The van der Waals surface area contributed by atoms with Gasteiger partial charge in [0, 0.05) is 11.6 Å². The van der Waals surface area contributed by atoms with Gasteiger partial charge in [0.15, 0.2) is 0 Å². The summed E-state index contributed by atoms with van der Waals surface area (Å²) in [6.07, 6.45) is 5.71. The lowest BCUT2D eigenvalue weighted by Gasteiger charge is -2.26. The summed E-state index contributed by atoms with van der Waals surface area (Å²) in [4.78, 5) is 20.5. The van der Waals surface area contributed by atoms with Crippen molar-refractivity contribution in [3.63, 3.8) is 0 Å². The third-order valence-electron chi connectivity index (χ3n) is 5.80. The molecule has 0 aliphatic carbocycles. The topological polar surface area (TPSA) is 42.5 Å². The van der Waals surface area contributed by atoms with Crippen LogP contribution in [-0.2, 0) is 13.1 Å². The Labute approximate surface area is 174 Å². The van der Waals surface area contributed by atoms with Crippen LogP contribution in [0.25, 0.3) is 16.7 Å². The second-order valence-corrected chi connectivity index (χ2v) is 8.13. The lowest BCUT2D eigenvalue weighted by molar-refractivity contribution is 0.218. The number of para-hydroxylation sites is 1. The molecule has 0 radical (unpaired) electrons. The van der Waals surface area contributed by atoms with Crippen molar-refractivity contribution >= 4 is 28.3 Å². The molecule has 5 rings (SSSR count). The van der Waals surface area contributed by atoms with Crippen molar-refractivity contribution in [1.82, 2.24) is 18.9 Å². The maximum absolute atomic E-state index is 13.3.